The summed E-state index contributed by atoms with van der Waals surface area (Å²) in [7, 11) is 0. The van der Waals surface area contributed by atoms with E-state index in [1.54, 1.807) is 12.3 Å². The molecule has 96 valence electrons. The first-order valence-electron chi connectivity index (χ1n) is 5.91. The van der Waals surface area contributed by atoms with Crippen molar-refractivity contribution in [3.05, 3.63) is 48.0 Å². The molecule has 2 heterocycles. The molecular formula is C14H13N3O2. The molecule has 2 aromatic heterocycles. The highest BCUT2D eigenvalue weighted by Gasteiger charge is 2.07. The lowest BCUT2D eigenvalue weighted by Gasteiger charge is -2.07. The molecule has 0 radical (unpaired) electrons. The van der Waals surface area contributed by atoms with Crippen LogP contribution in [0.25, 0.3) is 17.0 Å². The predicted molar refractivity (Wildman–Crippen MR) is 71.8 cm³/mol. The first kappa shape index (κ1) is 11.5. The average Bonchev–Trinajstić information content (AvgIpc) is 3.03. The van der Waals surface area contributed by atoms with Crippen LogP contribution in [0.5, 0.6) is 5.75 Å². The number of fused-ring (bicyclic) bond motifs is 1. The van der Waals surface area contributed by atoms with Crippen molar-refractivity contribution in [1.82, 2.24) is 15.4 Å². The molecule has 3 rings (SSSR count). The van der Waals surface area contributed by atoms with Crippen LogP contribution in [0, 0.1) is 6.92 Å². The number of rotatable bonds is 4. The summed E-state index contributed by atoms with van der Waals surface area (Å²) in [6.45, 7) is 6.01. The van der Waals surface area contributed by atoms with E-state index in [0.29, 0.717) is 6.61 Å². The molecule has 19 heavy (non-hydrogen) atoms. The zero-order valence-electron chi connectivity index (χ0n) is 10.5. The summed E-state index contributed by atoms with van der Waals surface area (Å²) in [5, 5.41) is 11.8. The normalized spacial score (nSPS) is 10.8. The zero-order chi connectivity index (χ0) is 13.2. The van der Waals surface area contributed by atoms with E-state index in [9.17, 15) is 0 Å². The number of hydrogen-bond acceptors (Lipinski definition) is 4. The lowest BCUT2D eigenvalue weighted by molar-refractivity contribution is 0.287. The zero-order valence-corrected chi connectivity index (χ0v) is 10.5. The largest absolute Gasteiger partial charge is 0.486 e. The van der Waals surface area contributed by atoms with Gasteiger partial charge in [-0.15, -0.1) is 0 Å². The molecule has 0 spiro atoms. The molecule has 0 fully saturated rings. The molecule has 0 amide bonds. The van der Waals surface area contributed by atoms with Gasteiger partial charge in [0, 0.05) is 23.1 Å². The van der Waals surface area contributed by atoms with Gasteiger partial charge in [-0.1, -0.05) is 17.8 Å². The second kappa shape index (κ2) is 4.61. The van der Waals surface area contributed by atoms with Gasteiger partial charge in [0.15, 0.2) is 0 Å². The maximum Gasteiger partial charge on any atom is 0.134 e. The maximum atomic E-state index is 5.76. The fourth-order valence-corrected chi connectivity index (χ4v) is 1.91. The van der Waals surface area contributed by atoms with Gasteiger partial charge in [0.1, 0.15) is 23.8 Å². The van der Waals surface area contributed by atoms with Crippen molar-refractivity contribution in [1.29, 1.82) is 0 Å². The highest BCUT2D eigenvalue weighted by molar-refractivity contribution is 5.83. The Morgan fingerprint density at radius 3 is 3.05 bits per heavy atom. The molecule has 1 N–H and O–H groups in total. The minimum absolute atomic E-state index is 0.359. The van der Waals surface area contributed by atoms with Crippen LogP contribution < -0.4 is 4.74 Å². The van der Waals surface area contributed by atoms with Gasteiger partial charge in [-0.05, 0) is 13.0 Å². The second-order valence-corrected chi connectivity index (χ2v) is 4.27. The number of ether oxygens (including phenoxy) is 1. The number of nitrogens with one attached hydrogen (secondary N) is 1. The third-order valence-corrected chi connectivity index (χ3v) is 2.84. The molecule has 5 nitrogen and oxygen atoms in total. The van der Waals surface area contributed by atoms with Gasteiger partial charge >= 0.3 is 0 Å². The minimum atomic E-state index is 0.359. The SMILES string of the molecule is C=Cc1cc2cn[nH]c2cc1OCc1cc(C)on1. The van der Waals surface area contributed by atoms with E-state index in [1.807, 2.05) is 25.1 Å². The molecule has 0 atom stereocenters. The van der Waals surface area contributed by atoms with Crippen molar-refractivity contribution < 1.29 is 9.26 Å². The molecule has 3 aromatic rings. The van der Waals surface area contributed by atoms with Gasteiger partial charge in [-0.25, -0.2) is 0 Å². The lowest BCUT2D eigenvalue weighted by Crippen LogP contribution is -1.97. The second-order valence-electron chi connectivity index (χ2n) is 4.27. The Morgan fingerprint density at radius 2 is 2.32 bits per heavy atom. The van der Waals surface area contributed by atoms with Gasteiger partial charge in [0.25, 0.3) is 0 Å². The van der Waals surface area contributed by atoms with Crippen molar-refractivity contribution in [2.75, 3.05) is 0 Å². The minimum Gasteiger partial charge on any atom is -0.486 e. The van der Waals surface area contributed by atoms with Gasteiger partial charge in [-0.2, -0.15) is 5.10 Å². The number of aromatic nitrogens is 3. The molecule has 0 bridgehead atoms. The Labute approximate surface area is 109 Å². The Balaban J connectivity index is 1.88. The Hall–Kier alpha value is -2.56. The number of hydrogen-bond donors (Lipinski definition) is 1. The Kier molecular flexibility index (Phi) is 2.79. The standard InChI is InChI=1S/C14H13N3O2/c1-3-10-5-11-7-15-16-13(11)6-14(10)18-8-12-4-9(2)19-17-12/h3-7H,1,8H2,2H3,(H,15,16). The number of aromatic amines is 1. The molecule has 1 aromatic carbocycles. The van der Waals surface area contributed by atoms with Gasteiger partial charge < -0.3 is 9.26 Å². The van der Waals surface area contributed by atoms with Crippen LogP contribution in [0.3, 0.4) is 0 Å². The monoisotopic (exact) mass is 255 g/mol. The van der Waals surface area contributed by atoms with Crippen molar-refractivity contribution in [2.24, 2.45) is 0 Å². The molecular weight excluding hydrogens is 242 g/mol. The molecule has 0 unspecified atom stereocenters. The summed E-state index contributed by atoms with van der Waals surface area (Å²) in [6, 6.07) is 5.74. The third-order valence-electron chi connectivity index (χ3n) is 2.84. The van der Waals surface area contributed by atoms with E-state index in [0.717, 1.165) is 33.7 Å². The molecule has 0 aliphatic rings. The molecule has 0 saturated heterocycles. The Morgan fingerprint density at radius 1 is 1.42 bits per heavy atom. The molecule has 0 aliphatic heterocycles. The van der Waals surface area contributed by atoms with E-state index < -0.39 is 0 Å². The lowest BCUT2D eigenvalue weighted by atomic mass is 10.1. The van der Waals surface area contributed by atoms with Crippen LogP contribution in [0.1, 0.15) is 17.0 Å². The fraction of sp³-hybridized carbons (Fsp3) is 0.143. The topological polar surface area (TPSA) is 63.9 Å². The summed E-state index contributed by atoms with van der Waals surface area (Å²) < 4.78 is 10.8. The summed E-state index contributed by atoms with van der Waals surface area (Å²) >= 11 is 0. The van der Waals surface area contributed by atoms with Crippen molar-refractivity contribution in [2.45, 2.75) is 13.5 Å². The number of benzene rings is 1. The van der Waals surface area contributed by atoms with E-state index >= 15 is 0 Å². The number of nitrogens with zero attached hydrogens (tertiary/aromatic N) is 2. The first-order valence-corrected chi connectivity index (χ1v) is 5.91. The maximum absolute atomic E-state index is 5.76. The quantitative estimate of drug-likeness (QED) is 0.778. The average molecular weight is 255 g/mol. The van der Waals surface area contributed by atoms with Crippen LogP contribution >= 0.6 is 0 Å². The smallest absolute Gasteiger partial charge is 0.134 e. The van der Waals surface area contributed by atoms with Crippen LogP contribution in [-0.2, 0) is 6.61 Å². The van der Waals surface area contributed by atoms with Crippen molar-refractivity contribution >= 4 is 17.0 Å². The highest BCUT2D eigenvalue weighted by atomic mass is 16.5. The van der Waals surface area contributed by atoms with Crippen LogP contribution in [0.15, 0.2) is 35.5 Å². The molecule has 5 heteroatoms. The van der Waals surface area contributed by atoms with E-state index in [2.05, 4.69) is 21.9 Å². The predicted octanol–water partition coefficient (Wildman–Crippen LogP) is 3.08. The summed E-state index contributed by atoms with van der Waals surface area (Å²) in [5.41, 5.74) is 2.61. The summed E-state index contributed by atoms with van der Waals surface area (Å²) in [6.07, 6.45) is 3.53. The van der Waals surface area contributed by atoms with E-state index in [1.165, 1.54) is 0 Å². The van der Waals surface area contributed by atoms with Crippen molar-refractivity contribution in [3.8, 4) is 5.75 Å². The van der Waals surface area contributed by atoms with Gasteiger partial charge in [-0.3, -0.25) is 5.10 Å². The van der Waals surface area contributed by atoms with Gasteiger partial charge in [0.05, 0.1) is 11.7 Å². The summed E-state index contributed by atoms with van der Waals surface area (Å²) in [5.74, 6) is 1.51. The van der Waals surface area contributed by atoms with Gasteiger partial charge in [0.2, 0.25) is 0 Å². The number of H-pyrrole nitrogens is 1. The van der Waals surface area contributed by atoms with Crippen molar-refractivity contribution in [3.63, 3.8) is 0 Å². The molecule has 0 saturated carbocycles. The van der Waals surface area contributed by atoms with E-state index in [4.69, 9.17) is 9.26 Å². The third kappa shape index (κ3) is 2.22. The number of aryl methyl sites for hydroxylation is 1. The molecule has 0 aliphatic carbocycles. The first-order chi connectivity index (χ1) is 9.26. The van der Waals surface area contributed by atoms with Crippen LogP contribution in [-0.4, -0.2) is 15.4 Å². The van der Waals surface area contributed by atoms with E-state index in [-0.39, 0.29) is 0 Å². The highest BCUT2D eigenvalue weighted by Crippen LogP contribution is 2.26. The van der Waals surface area contributed by atoms with Crippen LogP contribution in [0.4, 0.5) is 0 Å². The summed E-state index contributed by atoms with van der Waals surface area (Å²) in [4.78, 5) is 0. The van der Waals surface area contributed by atoms with Crippen LogP contribution in [0.2, 0.25) is 0 Å². The Bertz CT molecular complexity index is 727. The fourth-order valence-electron chi connectivity index (χ4n) is 1.91.